The van der Waals surface area contributed by atoms with Gasteiger partial charge in [-0.25, -0.2) is 19.9 Å². The second kappa shape index (κ2) is 13.0. The lowest BCUT2D eigenvalue weighted by Crippen LogP contribution is -2.60. The van der Waals surface area contributed by atoms with E-state index in [9.17, 15) is 37.8 Å². The number of halogens is 4. The molecule has 0 atom stereocenters. The van der Waals surface area contributed by atoms with Crippen LogP contribution in [0, 0.1) is 6.92 Å². The van der Waals surface area contributed by atoms with Gasteiger partial charge in [0.25, 0.3) is 5.91 Å². The molecule has 0 unspecified atom stereocenters. The lowest BCUT2D eigenvalue weighted by atomic mass is 9.97. The molecule has 2 saturated heterocycles. The number of rotatable bonds is 7. The Labute approximate surface area is 288 Å². The Morgan fingerprint density at radius 3 is 2.40 bits per heavy atom. The zero-order valence-electron chi connectivity index (χ0n) is 27.3. The first-order valence-corrected chi connectivity index (χ1v) is 16.1. The van der Waals surface area contributed by atoms with Crippen LogP contribution in [0.3, 0.4) is 0 Å². The number of benzene rings is 1. The topological polar surface area (TPSA) is 170 Å². The molecule has 1 aromatic carbocycles. The molecule has 2 aliphatic rings. The fourth-order valence-electron chi connectivity index (χ4n) is 6.20. The first kappa shape index (κ1) is 34.8. The molecule has 2 aliphatic heterocycles. The summed E-state index contributed by atoms with van der Waals surface area (Å²) in [5.74, 6) is -1.07. The molecule has 18 heteroatoms. The van der Waals surface area contributed by atoms with Crippen LogP contribution in [-0.4, -0.2) is 96.3 Å². The van der Waals surface area contributed by atoms with E-state index < -0.39 is 34.6 Å². The van der Waals surface area contributed by atoms with Crippen molar-refractivity contribution in [2.45, 2.75) is 45.5 Å². The predicted molar refractivity (Wildman–Crippen MR) is 178 cm³/mol. The van der Waals surface area contributed by atoms with Crippen molar-refractivity contribution in [2.24, 2.45) is 0 Å². The van der Waals surface area contributed by atoms with E-state index in [-0.39, 0.29) is 96.9 Å². The maximum absolute atomic E-state index is 14.3. The number of hydrogen-bond donors (Lipinski definition) is 3. The van der Waals surface area contributed by atoms with Gasteiger partial charge in [-0.3, -0.25) is 14.4 Å². The van der Waals surface area contributed by atoms with E-state index in [0.717, 1.165) is 18.2 Å². The molecule has 0 spiro atoms. The van der Waals surface area contributed by atoms with Gasteiger partial charge in [-0.05, 0) is 38.5 Å². The number of nitrogens with one attached hydrogen (secondary N) is 1. The Bertz CT molecular complexity index is 2060. The zero-order valence-corrected chi connectivity index (χ0v) is 28.0. The average Bonchev–Trinajstić information content (AvgIpc) is 3.06. The Morgan fingerprint density at radius 1 is 1.08 bits per heavy atom. The Kier molecular flexibility index (Phi) is 9.07. The SMILES string of the molecule is CCc1c(N2CCN(C(=O)c3ncnc(C)c3O)CC2)c(=O)c2nc(N3CC(C)(O)C3)cnc2n1CC(=O)Nc1ccc(C(F)(F)F)cc1Cl. The third-order valence-corrected chi connectivity index (χ3v) is 9.02. The summed E-state index contributed by atoms with van der Waals surface area (Å²) < 4.78 is 41.1. The number of piperazine rings is 1. The number of nitrogens with zero attached hydrogens (tertiary/aromatic N) is 8. The van der Waals surface area contributed by atoms with E-state index in [0.29, 0.717) is 11.5 Å². The molecule has 0 aliphatic carbocycles. The second-order valence-electron chi connectivity index (χ2n) is 12.5. The van der Waals surface area contributed by atoms with Crippen molar-refractivity contribution in [2.75, 3.05) is 54.4 Å². The van der Waals surface area contributed by atoms with Gasteiger partial charge in [0.1, 0.15) is 24.4 Å². The summed E-state index contributed by atoms with van der Waals surface area (Å²) in [5, 5.41) is 22.9. The number of β-amino-alcohol motifs (C(OH)–C–C–N with tert-alkyl or cyclic N) is 1. The molecular weight excluding hydrogens is 683 g/mol. The van der Waals surface area contributed by atoms with Crippen LogP contribution in [0.4, 0.5) is 30.4 Å². The van der Waals surface area contributed by atoms with Crippen LogP contribution < -0.4 is 20.5 Å². The summed E-state index contributed by atoms with van der Waals surface area (Å²) in [6.45, 7) is 6.00. The van der Waals surface area contributed by atoms with Crippen LogP contribution in [0.2, 0.25) is 5.02 Å². The number of hydrogen-bond acceptors (Lipinski definition) is 11. The molecule has 4 aromatic rings. The minimum atomic E-state index is -4.62. The summed E-state index contributed by atoms with van der Waals surface area (Å²) in [6, 6.07) is 2.60. The van der Waals surface area contributed by atoms with Crippen molar-refractivity contribution in [3.63, 3.8) is 0 Å². The van der Waals surface area contributed by atoms with E-state index in [1.165, 1.54) is 17.4 Å². The van der Waals surface area contributed by atoms with Crippen LogP contribution in [-0.2, 0) is 23.9 Å². The third kappa shape index (κ3) is 6.61. The van der Waals surface area contributed by atoms with Crippen molar-refractivity contribution in [1.82, 2.24) is 29.4 Å². The molecule has 0 bridgehead atoms. The highest BCUT2D eigenvalue weighted by Gasteiger charge is 2.38. The van der Waals surface area contributed by atoms with Gasteiger partial charge < -0.3 is 34.8 Å². The minimum Gasteiger partial charge on any atom is -0.504 e. The second-order valence-corrected chi connectivity index (χ2v) is 12.9. The van der Waals surface area contributed by atoms with Crippen LogP contribution in [0.5, 0.6) is 5.75 Å². The molecular formula is C32H33ClF3N9O5. The monoisotopic (exact) mass is 715 g/mol. The Hall–Kier alpha value is -5.03. The van der Waals surface area contributed by atoms with Gasteiger partial charge in [-0.15, -0.1) is 0 Å². The summed E-state index contributed by atoms with van der Waals surface area (Å²) in [6.07, 6.45) is -1.69. The Balaban J connectivity index is 1.35. The molecule has 6 rings (SSSR count). The number of pyridine rings is 1. The van der Waals surface area contributed by atoms with E-state index in [2.05, 4.69) is 25.3 Å². The highest BCUT2D eigenvalue weighted by atomic mass is 35.5. The number of aromatic hydroxyl groups is 1. The van der Waals surface area contributed by atoms with E-state index in [1.807, 2.05) is 0 Å². The number of alkyl halides is 3. The molecule has 0 saturated carbocycles. The van der Waals surface area contributed by atoms with E-state index in [1.54, 1.807) is 35.1 Å². The Morgan fingerprint density at radius 2 is 1.78 bits per heavy atom. The number of anilines is 3. The summed E-state index contributed by atoms with van der Waals surface area (Å²) in [4.78, 5) is 63.0. The highest BCUT2D eigenvalue weighted by molar-refractivity contribution is 6.33. The molecule has 50 heavy (non-hydrogen) atoms. The van der Waals surface area contributed by atoms with Crippen LogP contribution in [0.25, 0.3) is 11.2 Å². The van der Waals surface area contributed by atoms with Gasteiger partial charge in [-0.1, -0.05) is 18.5 Å². The lowest BCUT2D eigenvalue weighted by molar-refractivity contribution is -0.137. The minimum absolute atomic E-state index is 0.0264. The third-order valence-electron chi connectivity index (χ3n) is 8.71. The van der Waals surface area contributed by atoms with Crippen LogP contribution in [0.15, 0.2) is 35.5 Å². The smallest absolute Gasteiger partial charge is 0.416 e. The number of carbonyl (C=O) groups is 2. The van der Waals surface area contributed by atoms with Crippen molar-refractivity contribution < 1.29 is 33.0 Å². The first-order chi connectivity index (χ1) is 23.6. The van der Waals surface area contributed by atoms with E-state index in [4.69, 9.17) is 11.6 Å². The number of amides is 2. The fourth-order valence-corrected chi connectivity index (χ4v) is 6.43. The van der Waals surface area contributed by atoms with Gasteiger partial charge in [0.15, 0.2) is 22.6 Å². The van der Waals surface area contributed by atoms with E-state index >= 15 is 0 Å². The highest BCUT2D eigenvalue weighted by Crippen LogP contribution is 2.34. The summed E-state index contributed by atoms with van der Waals surface area (Å²) in [7, 11) is 0. The maximum Gasteiger partial charge on any atom is 0.416 e. The summed E-state index contributed by atoms with van der Waals surface area (Å²) >= 11 is 6.10. The van der Waals surface area contributed by atoms with Gasteiger partial charge in [0.05, 0.1) is 33.8 Å². The fraction of sp³-hybridized carbons (Fsp3) is 0.406. The molecule has 264 valence electrons. The van der Waals surface area contributed by atoms with Gasteiger partial charge >= 0.3 is 6.18 Å². The van der Waals surface area contributed by atoms with Crippen LogP contribution >= 0.6 is 11.6 Å². The van der Waals surface area contributed by atoms with Gasteiger partial charge in [0.2, 0.25) is 11.3 Å². The first-order valence-electron chi connectivity index (χ1n) is 15.7. The molecule has 5 heterocycles. The maximum atomic E-state index is 14.3. The standard InChI is InChI=1S/C32H33ClF3N9O5/c1-4-21-26(42-7-9-43(10-8-42)30(49)25-27(47)17(2)38-16-39-25)28(48)24-29(37-12-22(41-24)44-14-31(3,50)15-44)45(21)13-23(46)40-20-6-5-18(11-19(20)33)32(34,35)36/h5-6,11-12,16,47,50H,4,7-10,13-15H2,1-3H3,(H,40,46). The average molecular weight is 716 g/mol. The van der Waals surface area contributed by atoms with Crippen molar-refractivity contribution in [3.05, 3.63) is 68.6 Å². The number of aromatic nitrogens is 5. The van der Waals surface area contributed by atoms with Crippen LogP contribution in [0.1, 0.15) is 41.3 Å². The largest absolute Gasteiger partial charge is 0.504 e. The van der Waals surface area contributed by atoms with Crippen molar-refractivity contribution >= 4 is 51.8 Å². The normalized spacial score (nSPS) is 16.0. The quantitative estimate of drug-likeness (QED) is 0.257. The zero-order chi connectivity index (χ0) is 36.1. The molecule has 14 nitrogen and oxygen atoms in total. The molecule has 0 radical (unpaired) electrons. The number of fused-ring (bicyclic) bond motifs is 1. The predicted octanol–water partition coefficient (Wildman–Crippen LogP) is 3.00. The summed E-state index contributed by atoms with van der Waals surface area (Å²) in [5.41, 5.74) is -1.43. The number of carbonyl (C=O) groups excluding carboxylic acids is 2. The van der Waals surface area contributed by atoms with Gasteiger partial charge in [-0.2, -0.15) is 13.2 Å². The lowest BCUT2D eigenvalue weighted by Gasteiger charge is -2.44. The molecule has 2 fully saturated rings. The number of aliphatic hydroxyl groups is 1. The molecule has 3 N–H and O–H groups in total. The number of aryl methyl sites for hydroxylation is 1. The molecule has 3 aromatic heterocycles. The van der Waals surface area contributed by atoms with Crippen molar-refractivity contribution in [3.8, 4) is 5.75 Å². The van der Waals surface area contributed by atoms with Crippen molar-refractivity contribution in [1.29, 1.82) is 0 Å². The van der Waals surface area contributed by atoms with Gasteiger partial charge in [0, 0.05) is 45.0 Å². The molecule has 2 amide bonds.